The minimum atomic E-state index is -0.0801. The van der Waals surface area contributed by atoms with Gasteiger partial charge in [0.1, 0.15) is 5.82 Å². The summed E-state index contributed by atoms with van der Waals surface area (Å²) in [7, 11) is 0. The molecule has 0 spiro atoms. The van der Waals surface area contributed by atoms with Gasteiger partial charge in [0.15, 0.2) is 0 Å². The van der Waals surface area contributed by atoms with Gasteiger partial charge in [0, 0.05) is 36.7 Å². The largest absolute Gasteiger partial charge is 0.370 e. The highest BCUT2D eigenvalue weighted by atomic mass is 16.1. The van der Waals surface area contributed by atoms with Gasteiger partial charge in [0.05, 0.1) is 0 Å². The molecule has 110 valence electrons. The number of nitrogens with one attached hydrogen (secondary N) is 2. The first kappa shape index (κ1) is 15.0. The number of pyridine rings is 2. The summed E-state index contributed by atoms with van der Waals surface area (Å²) in [5.41, 5.74) is 2.56. The molecule has 5 nitrogen and oxygen atoms in total. The van der Waals surface area contributed by atoms with Crippen molar-refractivity contribution in [3.05, 3.63) is 53.5 Å². The molecule has 0 bridgehead atoms. The van der Waals surface area contributed by atoms with Crippen molar-refractivity contribution in [2.24, 2.45) is 0 Å². The predicted molar refractivity (Wildman–Crippen MR) is 83.4 cm³/mol. The molecule has 0 unspecified atom stereocenters. The molecule has 2 heterocycles. The van der Waals surface area contributed by atoms with Crippen LogP contribution < -0.4 is 10.6 Å². The molecule has 0 aliphatic rings. The molecule has 2 aromatic heterocycles. The van der Waals surface area contributed by atoms with Gasteiger partial charge < -0.3 is 10.6 Å². The first-order valence-electron chi connectivity index (χ1n) is 7.08. The molecule has 0 aliphatic heterocycles. The quantitative estimate of drug-likeness (QED) is 0.853. The number of aromatic nitrogens is 2. The summed E-state index contributed by atoms with van der Waals surface area (Å²) in [5.74, 6) is 0.651. The number of rotatable bonds is 6. The third kappa shape index (κ3) is 4.56. The molecular weight excluding hydrogens is 264 g/mol. The number of carbonyl (C=O) groups excluding carboxylic acids is 1. The number of nitrogens with zero attached hydrogens (tertiary/aromatic N) is 2. The van der Waals surface area contributed by atoms with Crippen LogP contribution in [0.4, 0.5) is 5.82 Å². The van der Waals surface area contributed by atoms with E-state index in [-0.39, 0.29) is 5.91 Å². The van der Waals surface area contributed by atoms with Crippen molar-refractivity contribution >= 4 is 11.7 Å². The Hall–Kier alpha value is -2.43. The van der Waals surface area contributed by atoms with Gasteiger partial charge >= 0.3 is 0 Å². The van der Waals surface area contributed by atoms with Gasteiger partial charge in [-0.3, -0.25) is 9.78 Å². The van der Waals surface area contributed by atoms with Gasteiger partial charge in [-0.25, -0.2) is 4.98 Å². The molecular formula is C16H20N4O. The van der Waals surface area contributed by atoms with E-state index in [4.69, 9.17) is 0 Å². The summed E-state index contributed by atoms with van der Waals surface area (Å²) < 4.78 is 0. The van der Waals surface area contributed by atoms with E-state index in [1.807, 2.05) is 32.2 Å². The SMILES string of the molecule is CCNc1cc(C(=O)NCCc2cccnc2)cc(C)n1. The number of anilines is 1. The van der Waals surface area contributed by atoms with Gasteiger partial charge in [-0.05, 0) is 44.0 Å². The van der Waals surface area contributed by atoms with Crippen LogP contribution in [0.1, 0.15) is 28.5 Å². The molecule has 21 heavy (non-hydrogen) atoms. The Bertz CT molecular complexity index is 598. The number of carbonyl (C=O) groups is 1. The fourth-order valence-corrected chi connectivity index (χ4v) is 2.04. The van der Waals surface area contributed by atoms with Gasteiger partial charge in [0.2, 0.25) is 0 Å². The molecule has 2 rings (SSSR count). The summed E-state index contributed by atoms with van der Waals surface area (Å²) in [6, 6.07) is 7.46. The zero-order valence-corrected chi connectivity index (χ0v) is 12.4. The highest BCUT2D eigenvalue weighted by molar-refractivity contribution is 5.95. The topological polar surface area (TPSA) is 66.9 Å². The fraction of sp³-hybridized carbons (Fsp3) is 0.312. The van der Waals surface area contributed by atoms with Crippen LogP contribution in [0.2, 0.25) is 0 Å². The van der Waals surface area contributed by atoms with Crippen molar-refractivity contribution in [3.8, 4) is 0 Å². The van der Waals surface area contributed by atoms with E-state index < -0.39 is 0 Å². The zero-order chi connectivity index (χ0) is 15.1. The average molecular weight is 284 g/mol. The summed E-state index contributed by atoms with van der Waals surface area (Å²) >= 11 is 0. The highest BCUT2D eigenvalue weighted by Crippen LogP contribution is 2.10. The second kappa shape index (κ2) is 7.38. The lowest BCUT2D eigenvalue weighted by atomic mass is 10.2. The number of hydrogen-bond donors (Lipinski definition) is 2. The van der Waals surface area contributed by atoms with Crippen molar-refractivity contribution in [2.45, 2.75) is 20.3 Å². The Balaban J connectivity index is 1.94. The highest BCUT2D eigenvalue weighted by Gasteiger charge is 2.08. The smallest absolute Gasteiger partial charge is 0.251 e. The van der Waals surface area contributed by atoms with E-state index in [9.17, 15) is 4.79 Å². The Morgan fingerprint density at radius 3 is 2.90 bits per heavy atom. The average Bonchev–Trinajstić information content (AvgIpc) is 2.48. The number of hydrogen-bond acceptors (Lipinski definition) is 4. The normalized spacial score (nSPS) is 10.2. The third-order valence-electron chi connectivity index (χ3n) is 3.00. The van der Waals surface area contributed by atoms with Crippen LogP contribution in [0.15, 0.2) is 36.7 Å². The molecule has 2 aromatic rings. The standard InChI is InChI=1S/C16H20N4O/c1-3-18-15-10-14(9-12(2)20-15)16(21)19-8-6-13-5-4-7-17-11-13/h4-5,7,9-11H,3,6,8H2,1-2H3,(H,18,20)(H,19,21). The third-order valence-corrected chi connectivity index (χ3v) is 3.00. The van der Waals surface area contributed by atoms with E-state index in [2.05, 4.69) is 20.6 Å². The fourth-order valence-electron chi connectivity index (χ4n) is 2.04. The molecule has 2 N–H and O–H groups in total. The van der Waals surface area contributed by atoms with Gasteiger partial charge in [-0.2, -0.15) is 0 Å². The maximum atomic E-state index is 12.2. The maximum Gasteiger partial charge on any atom is 0.251 e. The molecule has 0 saturated carbocycles. The second-order valence-corrected chi connectivity index (χ2v) is 4.78. The Morgan fingerprint density at radius 1 is 1.33 bits per heavy atom. The Kier molecular flexibility index (Phi) is 5.26. The first-order valence-corrected chi connectivity index (χ1v) is 7.08. The predicted octanol–water partition coefficient (Wildman–Crippen LogP) is 2.19. The van der Waals surface area contributed by atoms with Gasteiger partial charge in [-0.1, -0.05) is 6.07 Å². The maximum absolute atomic E-state index is 12.2. The van der Waals surface area contributed by atoms with Gasteiger partial charge in [-0.15, -0.1) is 0 Å². The Morgan fingerprint density at radius 2 is 2.19 bits per heavy atom. The second-order valence-electron chi connectivity index (χ2n) is 4.78. The summed E-state index contributed by atoms with van der Waals surface area (Å²) in [5, 5.41) is 6.05. The van der Waals surface area contributed by atoms with Crippen LogP contribution in [-0.2, 0) is 6.42 Å². The molecule has 0 fully saturated rings. The van der Waals surface area contributed by atoms with E-state index in [0.29, 0.717) is 12.1 Å². The van der Waals surface area contributed by atoms with Crippen molar-refractivity contribution in [1.29, 1.82) is 0 Å². The summed E-state index contributed by atoms with van der Waals surface area (Å²) in [6.07, 6.45) is 4.32. The summed E-state index contributed by atoms with van der Waals surface area (Å²) in [4.78, 5) is 20.6. The monoisotopic (exact) mass is 284 g/mol. The Labute approximate surface area is 124 Å². The lowest BCUT2D eigenvalue weighted by molar-refractivity contribution is 0.0954. The lowest BCUT2D eigenvalue weighted by Gasteiger charge is -2.08. The van der Waals surface area contributed by atoms with E-state index in [0.717, 1.165) is 30.0 Å². The van der Waals surface area contributed by atoms with Crippen LogP contribution in [0.3, 0.4) is 0 Å². The lowest BCUT2D eigenvalue weighted by Crippen LogP contribution is -2.26. The van der Waals surface area contributed by atoms with Crippen LogP contribution in [0, 0.1) is 6.92 Å². The molecule has 0 aliphatic carbocycles. The van der Waals surface area contributed by atoms with Crippen LogP contribution >= 0.6 is 0 Å². The van der Waals surface area contributed by atoms with Crippen LogP contribution in [0.25, 0.3) is 0 Å². The van der Waals surface area contributed by atoms with Crippen LogP contribution in [0.5, 0.6) is 0 Å². The molecule has 1 amide bonds. The number of amides is 1. The van der Waals surface area contributed by atoms with Crippen molar-refractivity contribution in [1.82, 2.24) is 15.3 Å². The van der Waals surface area contributed by atoms with E-state index >= 15 is 0 Å². The molecule has 5 heteroatoms. The van der Waals surface area contributed by atoms with Gasteiger partial charge in [0.25, 0.3) is 5.91 Å². The van der Waals surface area contributed by atoms with Crippen LogP contribution in [-0.4, -0.2) is 29.0 Å². The molecule has 0 radical (unpaired) electrons. The minimum absolute atomic E-state index is 0.0801. The number of aryl methyl sites for hydroxylation is 1. The minimum Gasteiger partial charge on any atom is -0.370 e. The molecule has 0 atom stereocenters. The van der Waals surface area contributed by atoms with E-state index in [1.165, 1.54) is 0 Å². The zero-order valence-electron chi connectivity index (χ0n) is 12.4. The summed E-state index contributed by atoms with van der Waals surface area (Å²) in [6.45, 7) is 5.24. The molecule has 0 aromatic carbocycles. The van der Waals surface area contributed by atoms with Crippen molar-refractivity contribution < 1.29 is 4.79 Å². The van der Waals surface area contributed by atoms with E-state index in [1.54, 1.807) is 18.3 Å². The van der Waals surface area contributed by atoms with Crippen molar-refractivity contribution in [3.63, 3.8) is 0 Å². The van der Waals surface area contributed by atoms with Crippen molar-refractivity contribution in [2.75, 3.05) is 18.4 Å². The first-order chi connectivity index (χ1) is 10.2. The molecule has 0 saturated heterocycles.